The molecule has 6 nitrogen and oxygen atoms in total. The lowest BCUT2D eigenvalue weighted by Crippen LogP contribution is -2.41. The summed E-state index contributed by atoms with van der Waals surface area (Å²) in [5.41, 5.74) is 3.06. The quantitative estimate of drug-likeness (QED) is 0.679. The Morgan fingerprint density at radius 2 is 2.07 bits per heavy atom. The van der Waals surface area contributed by atoms with Crippen LogP contribution in [0.15, 0.2) is 22.6 Å². The van der Waals surface area contributed by atoms with Crippen molar-refractivity contribution in [2.24, 2.45) is 0 Å². The zero-order chi connectivity index (χ0) is 21.1. The minimum atomic E-state index is 0.323. The Morgan fingerprint density at radius 3 is 2.80 bits per heavy atom. The molecule has 2 aliphatic rings. The summed E-state index contributed by atoms with van der Waals surface area (Å²) in [4.78, 5) is 21.4. The summed E-state index contributed by atoms with van der Waals surface area (Å²) in [7, 11) is 1.68. The summed E-state index contributed by atoms with van der Waals surface area (Å²) in [5.74, 6) is 2.75. The number of nitrogens with zero attached hydrogens (tertiary/aromatic N) is 3. The molecule has 1 amide bonds. The minimum absolute atomic E-state index is 0.323. The van der Waals surface area contributed by atoms with Crippen molar-refractivity contribution in [3.63, 3.8) is 0 Å². The third-order valence-corrected chi connectivity index (χ3v) is 6.54. The largest absolute Gasteiger partial charge is 0.496 e. The van der Waals surface area contributed by atoms with Gasteiger partial charge in [-0.1, -0.05) is 6.42 Å². The Kier molecular flexibility index (Phi) is 6.42. The summed E-state index contributed by atoms with van der Waals surface area (Å²) in [6.07, 6.45) is 6.47. The van der Waals surface area contributed by atoms with Crippen LogP contribution in [0.3, 0.4) is 0 Å². The zero-order valence-electron chi connectivity index (χ0n) is 18.4. The molecule has 1 unspecified atom stereocenters. The number of carbonyl (C=O) groups excluding carboxylic acids is 1. The Balaban J connectivity index is 1.44. The van der Waals surface area contributed by atoms with Gasteiger partial charge in [-0.2, -0.15) is 0 Å². The summed E-state index contributed by atoms with van der Waals surface area (Å²) < 4.78 is 11.4. The molecule has 3 heterocycles. The maximum Gasteiger partial charge on any atom is 0.226 e. The van der Waals surface area contributed by atoms with E-state index in [2.05, 4.69) is 11.0 Å². The number of aromatic nitrogens is 1. The van der Waals surface area contributed by atoms with Gasteiger partial charge in [0.1, 0.15) is 11.5 Å². The molecule has 0 aliphatic carbocycles. The predicted molar refractivity (Wildman–Crippen MR) is 116 cm³/mol. The first-order valence-corrected chi connectivity index (χ1v) is 11.2. The molecule has 1 aromatic carbocycles. The van der Waals surface area contributed by atoms with E-state index in [1.165, 1.54) is 19.3 Å². The van der Waals surface area contributed by atoms with Gasteiger partial charge >= 0.3 is 0 Å². The Bertz CT molecular complexity index is 892. The van der Waals surface area contributed by atoms with Gasteiger partial charge in [-0.3, -0.25) is 9.69 Å². The number of ether oxygens (including phenoxy) is 1. The van der Waals surface area contributed by atoms with E-state index < -0.39 is 0 Å². The van der Waals surface area contributed by atoms with Crippen LogP contribution in [-0.2, 0) is 11.3 Å². The molecule has 2 saturated heterocycles. The third kappa shape index (κ3) is 4.53. The number of aryl methyl sites for hydroxylation is 2. The highest BCUT2D eigenvalue weighted by Crippen LogP contribution is 2.29. The average Bonchev–Trinajstić information content (AvgIpc) is 3.32. The van der Waals surface area contributed by atoms with E-state index >= 15 is 0 Å². The van der Waals surface area contributed by atoms with Crippen molar-refractivity contribution in [3.8, 4) is 17.2 Å². The van der Waals surface area contributed by atoms with Crippen LogP contribution >= 0.6 is 0 Å². The monoisotopic (exact) mass is 411 g/mol. The van der Waals surface area contributed by atoms with E-state index in [-0.39, 0.29) is 0 Å². The number of methoxy groups -OCH3 is 1. The van der Waals surface area contributed by atoms with E-state index in [1.54, 1.807) is 7.11 Å². The molecule has 6 heteroatoms. The van der Waals surface area contributed by atoms with Gasteiger partial charge in [0, 0.05) is 37.7 Å². The summed E-state index contributed by atoms with van der Waals surface area (Å²) in [5, 5.41) is 0. The lowest BCUT2D eigenvalue weighted by atomic mass is 9.98. The van der Waals surface area contributed by atoms with Gasteiger partial charge in [0.2, 0.25) is 11.8 Å². The van der Waals surface area contributed by atoms with Crippen molar-refractivity contribution in [1.29, 1.82) is 0 Å². The van der Waals surface area contributed by atoms with E-state index in [0.717, 1.165) is 73.8 Å². The fraction of sp³-hybridized carbons (Fsp3) is 0.583. The molecule has 0 radical (unpaired) electrons. The molecule has 1 aromatic heterocycles. The summed E-state index contributed by atoms with van der Waals surface area (Å²) >= 11 is 0. The van der Waals surface area contributed by atoms with Gasteiger partial charge in [0.25, 0.3) is 0 Å². The number of likely N-dealkylation sites (tertiary alicyclic amines) is 2. The molecule has 2 fully saturated rings. The average molecular weight is 412 g/mol. The fourth-order valence-corrected chi connectivity index (χ4v) is 4.74. The van der Waals surface area contributed by atoms with Crippen LogP contribution in [-0.4, -0.2) is 53.5 Å². The Labute approximate surface area is 179 Å². The lowest BCUT2D eigenvalue weighted by Gasteiger charge is -2.36. The maximum atomic E-state index is 11.9. The van der Waals surface area contributed by atoms with Gasteiger partial charge in [0.15, 0.2) is 0 Å². The highest BCUT2D eigenvalue weighted by molar-refractivity contribution is 5.78. The highest BCUT2D eigenvalue weighted by atomic mass is 16.5. The minimum Gasteiger partial charge on any atom is -0.496 e. The van der Waals surface area contributed by atoms with Crippen LogP contribution in [0.5, 0.6) is 5.75 Å². The van der Waals surface area contributed by atoms with E-state index in [1.807, 2.05) is 30.9 Å². The number of hydrogen-bond donors (Lipinski definition) is 0. The van der Waals surface area contributed by atoms with Crippen LogP contribution in [0.4, 0.5) is 0 Å². The molecule has 0 spiro atoms. The second-order valence-corrected chi connectivity index (χ2v) is 8.60. The SMILES string of the molecule is COc1ccc(-c2nc(CN3CCCCC3CCN3CCCC3=O)c(C)o2)cc1C. The van der Waals surface area contributed by atoms with E-state index in [9.17, 15) is 4.79 Å². The number of oxazole rings is 1. The van der Waals surface area contributed by atoms with Crippen LogP contribution < -0.4 is 4.74 Å². The van der Waals surface area contributed by atoms with Gasteiger partial charge < -0.3 is 14.1 Å². The number of carbonyl (C=O) groups is 1. The number of hydrogen-bond acceptors (Lipinski definition) is 5. The molecule has 4 rings (SSSR count). The van der Waals surface area contributed by atoms with Crippen molar-refractivity contribution in [1.82, 2.24) is 14.8 Å². The van der Waals surface area contributed by atoms with Crippen molar-refractivity contribution >= 4 is 5.91 Å². The first kappa shape index (κ1) is 20.9. The van der Waals surface area contributed by atoms with Gasteiger partial charge in [0.05, 0.1) is 12.8 Å². The molecule has 0 saturated carbocycles. The number of benzene rings is 1. The first-order chi connectivity index (χ1) is 14.5. The lowest BCUT2D eigenvalue weighted by molar-refractivity contribution is -0.127. The first-order valence-electron chi connectivity index (χ1n) is 11.2. The maximum absolute atomic E-state index is 11.9. The normalized spacial score (nSPS) is 20.2. The van der Waals surface area contributed by atoms with Crippen molar-refractivity contribution < 1.29 is 13.9 Å². The second kappa shape index (κ2) is 9.21. The highest BCUT2D eigenvalue weighted by Gasteiger charge is 2.27. The van der Waals surface area contributed by atoms with Gasteiger partial charge in [-0.15, -0.1) is 0 Å². The predicted octanol–water partition coefficient (Wildman–Crippen LogP) is 4.33. The standard InChI is InChI=1S/C24H33N3O3/c1-17-15-19(9-10-22(17)29-3)24-25-21(18(2)30-24)16-27-12-5-4-7-20(27)11-14-26-13-6-8-23(26)28/h9-10,15,20H,4-8,11-14,16H2,1-3H3. The Morgan fingerprint density at radius 1 is 1.20 bits per heavy atom. The molecule has 0 N–H and O–H groups in total. The summed E-state index contributed by atoms with van der Waals surface area (Å²) in [6, 6.07) is 6.53. The van der Waals surface area contributed by atoms with Gasteiger partial charge in [-0.05, 0) is 69.8 Å². The molecule has 0 bridgehead atoms. The van der Waals surface area contributed by atoms with Crippen molar-refractivity contribution in [3.05, 3.63) is 35.2 Å². The molecule has 2 aliphatic heterocycles. The van der Waals surface area contributed by atoms with Crippen LogP contribution in [0, 0.1) is 13.8 Å². The second-order valence-electron chi connectivity index (χ2n) is 8.60. The number of rotatable bonds is 7. The molecule has 2 aromatic rings. The molecule has 162 valence electrons. The van der Waals surface area contributed by atoms with E-state index in [4.69, 9.17) is 14.1 Å². The zero-order valence-corrected chi connectivity index (χ0v) is 18.4. The molecular weight excluding hydrogens is 378 g/mol. The fourth-order valence-electron chi connectivity index (χ4n) is 4.74. The van der Waals surface area contributed by atoms with Crippen LogP contribution in [0.1, 0.15) is 55.5 Å². The number of piperidine rings is 1. The molecule has 1 atom stereocenters. The van der Waals surface area contributed by atoms with Crippen molar-refractivity contribution in [2.75, 3.05) is 26.7 Å². The smallest absolute Gasteiger partial charge is 0.226 e. The topological polar surface area (TPSA) is 58.8 Å². The molecular formula is C24H33N3O3. The van der Waals surface area contributed by atoms with Crippen LogP contribution in [0.25, 0.3) is 11.5 Å². The molecule has 30 heavy (non-hydrogen) atoms. The van der Waals surface area contributed by atoms with E-state index in [0.29, 0.717) is 17.8 Å². The summed E-state index contributed by atoms with van der Waals surface area (Å²) in [6.45, 7) is 7.74. The third-order valence-electron chi connectivity index (χ3n) is 6.54. The van der Waals surface area contributed by atoms with Crippen LogP contribution in [0.2, 0.25) is 0 Å². The number of amides is 1. The van der Waals surface area contributed by atoms with Crippen molar-refractivity contribution in [2.45, 2.75) is 65.0 Å². The Hall–Kier alpha value is -2.34. The van der Waals surface area contributed by atoms with Gasteiger partial charge in [-0.25, -0.2) is 4.98 Å².